The number of anilines is 1. The van der Waals surface area contributed by atoms with E-state index in [1.54, 1.807) is 31.2 Å². The number of ether oxygens (including phenoxy) is 1. The van der Waals surface area contributed by atoms with Gasteiger partial charge in [-0.2, -0.15) is 4.31 Å². The largest absolute Gasteiger partial charge is 0.379 e. The van der Waals surface area contributed by atoms with E-state index in [1.807, 2.05) is 36.4 Å². The van der Waals surface area contributed by atoms with E-state index < -0.39 is 10.0 Å². The van der Waals surface area contributed by atoms with Crippen LogP contribution in [-0.2, 0) is 27.6 Å². The van der Waals surface area contributed by atoms with Gasteiger partial charge in [-0.25, -0.2) is 8.42 Å². The van der Waals surface area contributed by atoms with Crippen molar-refractivity contribution in [3.63, 3.8) is 0 Å². The zero-order valence-corrected chi connectivity index (χ0v) is 19.5. The molecule has 172 valence electrons. The predicted octanol–water partition coefficient (Wildman–Crippen LogP) is 4.05. The third-order valence-corrected chi connectivity index (χ3v) is 7.86. The number of carbonyl (C=O) groups excluding carboxylic acids is 1. The van der Waals surface area contributed by atoms with Crippen LogP contribution in [0.4, 0.5) is 5.69 Å². The number of nitrogens with one attached hydrogen (secondary N) is 1. The van der Waals surface area contributed by atoms with Crippen molar-refractivity contribution in [1.29, 1.82) is 0 Å². The second-order valence-electron chi connectivity index (χ2n) is 8.09. The van der Waals surface area contributed by atoms with Crippen LogP contribution in [0.1, 0.15) is 27.0 Å². The molecular weight excluding hydrogens is 436 g/mol. The Balaban J connectivity index is 1.53. The van der Waals surface area contributed by atoms with Gasteiger partial charge < -0.3 is 10.1 Å². The van der Waals surface area contributed by atoms with E-state index in [9.17, 15) is 13.2 Å². The summed E-state index contributed by atoms with van der Waals surface area (Å²) in [5.41, 5.74) is 3.85. The van der Waals surface area contributed by atoms with Gasteiger partial charge in [0.1, 0.15) is 0 Å². The van der Waals surface area contributed by atoms with Gasteiger partial charge in [-0.15, -0.1) is 0 Å². The molecular formula is C26H28N2O4S. The van der Waals surface area contributed by atoms with Crippen LogP contribution in [0.5, 0.6) is 0 Å². The topological polar surface area (TPSA) is 75.7 Å². The monoisotopic (exact) mass is 464 g/mol. The van der Waals surface area contributed by atoms with Crippen LogP contribution in [0.2, 0.25) is 0 Å². The van der Waals surface area contributed by atoms with Gasteiger partial charge in [-0.3, -0.25) is 4.79 Å². The van der Waals surface area contributed by atoms with Crippen molar-refractivity contribution in [2.75, 3.05) is 31.6 Å². The summed E-state index contributed by atoms with van der Waals surface area (Å²) in [6.45, 7) is 3.18. The van der Waals surface area contributed by atoms with E-state index in [2.05, 4.69) is 17.4 Å². The van der Waals surface area contributed by atoms with E-state index in [0.29, 0.717) is 43.1 Å². The van der Waals surface area contributed by atoms with E-state index in [1.165, 1.54) is 9.87 Å². The minimum absolute atomic E-state index is 0.208. The lowest BCUT2D eigenvalue weighted by Gasteiger charge is -2.26. The van der Waals surface area contributed by atoms with E-state index in [0.717, 1.165) is 18.4 Å². The van der Waals surface area contributed by atoms with Gasteiger partial charge in [0.05, 0.1) is 18.1 Å². The number of hydrogen-bond acceptors (Lipinski definition) is 4. The fourth-order valence-corrected chi connectivity index (χ4v) is 5.62. The summed E-state index contributed by atoms with van der Waals surface area (Å²) in [4.78, 5) is 13.3. The molecule has 0 saturated carbocycles. The maximum atomic E-state index is 13.1. The third-order valence-electron chi connectivity index (χ3n) is 5.82. The first-order valence-electron chi connectivity index (χ1n) is 11.1. The van der Waals surface area contributed by atoms with Crippen molar-refractivity contribution in [3.8, 4) is 0 Å². The molecule has 3 aromatic rings. The highest BCUT2D eigenvalue weighted by Crippen LogP contribution is 2.25. The summed E-state index contributed by atoms with van der Waals surface area (Å²) in [7, 11) is -3.66. The molecule has 0 radical (unpaired) electrons. The van der Waals surface area contributed by atoms with Gasteiger partial charge in [0.15, 0.2) is 0 Å². The average molecular weight is 465 g/mol. The van der Waals surface area contributed by atoms with Gasteiger partial charge in [0, 0.05) is 24.3 Å². The van der Waals surface area contributed by atoms with Crippen molar-refractivity contribution in [2.24, 2.45) is 0 Å². The highest BCUT2D eigenvalue weighted by Gasteiger charge is 2.28. The molecule has 4 rings (SSSR count). The SMILES string of the molecule is Cc1ccc(NC(=O)c2ccccc2CCc2ccccc2)cc1S(=O)(=O)N1CCOCC1. The predicted molar refractivity (Wildman–Crippen MR) is 129 cm³/mol. The molecule has 0 unspecified atom stereocenters. The van der Waals surface area contributed by atoms with Crippen LogP contribution in [-0.4, -0.2) is 44.9 Å². The minimum atomic E-state index is -3.66. The molecule has 0 atom stereocenters. The van der Waals surface area contributed by atoms with Crippen LogP contribution in [0, 0.1) is 6.92 Å². The van der Waals surface area contributed by atoms with Crippen molar-refractivity contribution in [3.05, 3.63) is 95.1 Å². The molecule has 1 aliphatic rings. The Morgan fingerprint density at radius 3 is 2.39 bits per heavy atom. The first kappa shape index (κ1) is 23.2. The molecule has 0 aliphatic carbocycles. The Morgan fingerprint density at radius 2 is 1.64 bits per heavy atom. The van der Waals surface area contributed by atoms with Crippen molar-refractivity contribution in [2.45, 2.75) is 24.7 Å². The second kappa shape index (κ2) is 10.3. The second-order valence-corrected chi connectivity index (χ2v) is 10.00. The quantitative estimate of drug-likeness (QED) is 0.572. The highest BCUT2D eigenvalue weighted by molar-refractivity contribution is 7.89. The van der Waals surface area contributed by atoms with Gasteiger partial charge >= 0.3 is 0 Å². The van der Waals surface area contributed by atoms with Gasteiger partial charge in [-0.05, 0) is 54.7 Å². The molecule has 3 aromatic carbocycles. The summed E-state index contributed by atoms with van der Waals surface area (Å²) >= 11 is 0. The Labute approximate surface area is 195 Å². The number of carbonyl (C=O) groups is 1. The standard InChI is InChI=1S/C26H28N2O4S/c1-20-11-14-23(19-25(20)33(30,31)28-15-17-32-18-16-28)27-26(29)24-10-6-5-9-22(24)13-12-21-7-3-2-4-8-21/h2-11,14,19H,12-13,15-18H2,1H3,(H,27,29). The molecule has 0 spiro atoms. The van der Waals surface area contributed by atoms with E-state index >= 15 is 0 Å². The van der Waals surface area contributed by atoms with Gasteiger partial charge in [0.25, 0.3) is 5.91 Å². The lowest BCUT2D eigenvalue weighted by atomic mass is 9.99. The normalized spacial score (nSPS) is 14.7. The highest BCUT2D eigenvalue weighted by atomic mass is 32.2. The Morgan fingerprint density at radius 1 is 0.939 bits per heavy atom. The summed E-state index contributed by atoms with van der Waals surface area (Å²) in [6.07, 6.45) is 1.57. The number of hydrogen-bond donors (Lipinski definition) is 1. The number of benzene rings is 3. The molecule has 1 fully saturated rings. The number of sulfonamides is 1. The fourth-order valence-electron chi connectivity index (χ4n) is 3.96. The summed E-state index contributed by atoms with van der Waals surface area (Å²) in [6, 6.07) is 22.7. The number of morpholine rings is 1. The molecule has 6 nitrogen and oxygen atoms in total. The van der Waals surface area contributed by atoms with Crippen LogP contribution in [0.25, 0.3) is 0 Å². The molecule has 0 aromatic heterocycles. The average Bonchev–Trinajstić information content (AvgIpc) is 2.85. The first-order valence-corrected chi connectivity index (χ1v) is 12.5. The maximum absolute atomic E-state index is 13.1. The minimum Gasteiger partial charge on any atom is -0.379 e. The smallest absolute Gasteiger partial charge is 0.255 e. The molecule has 0 bridgehead atoms. The zero-order chi connectivity index (χ0) is 23.3. The van der Waals surface area contributed by atoms with Crippen LogP contribution in [0.3, 0.4) is 0 Å². The van der Waals surface area contributed by atoms with Crippen LogP contribution >= 0.6 is 0 Å². The van der Waals surface area contributed by atoms with Crippen molar-refractivity contribution >= 4 is 21.6 Å². The molecule has 1 aliphatic heterocycles. The summed E-state index contributed by atoms with van der Waals surface area (Å²) < 4.78 is 33.0. The molecule has 33 heavy (non-hydrogen) atoms. The first-order chi connectivity index (χ1) is 15.9. The molecule has 1 saturated heterocycles. The van der Waals surface area contributed by atoms with Gasteiger partial charge in [0.2, 0.25) is 10.0 Å². The van der Waals surface area contributed by atoms with Crippen LogP contribution < -0.4 is 5.32 Å². The number of amides is 1. The van der Waals surface area contributed by atoms with E-state index in [-0.39, 0.29) is 10.8 Å². The summed E-state index contributed by atoms with van der Waals surface area (Å²) in [5, 5.41) is 2.89. The zero-order valence-electron chi connectivity index (χ0n) is 18.7. The number of nitrogens with zero attached hydrogens (tertiary/aromatic N) is 1. The molecule has 1 heterocycles. The molecule has 1 N–H and O–H groups in total. The van der Waals surface area contributed by atoms with Crippen molar-refractivity contribution < 1.29 is 17.9 Å². The lowest BCUT2D eigenvalue weighted by molar-refractivity contribution is 0.0730. The van der Waals surface area contributed by atoms with Crippen LogP contribution in [0.15, 0.2) is 77.7 Å². The fraction of sp³-hybridized carbons (Fsp3) is 0.269. The maximum Gasteiger partial charge on any atom is 0.255 e. The molecule has 7 heteroatoms. The Bertz CT molecular complexity index is 1220. The third kappa shape index (κ3) is 5.50. The molecule has 1 amide bonds. The van der Waals surface area contributed by atoms with Crippen molar-refractivity contribution in [1.82, 2.24) is 4.31 Å². The summed E-state index contributed by atoms with van der Waals surface area (Å²) in [5.74, 6) is -0.253. The lowest BCUT2D eigenvalue weighted by Crippen LogP contribution is -2.40. The Kier molecular flexibility index (Phi) is 7.23. The van der Waals surface area contributed by atoms with E-state index in [4.69, 9.17) is 4.74 Å². The number of aryl methyl sites for hydroxylation is 3. The number of rotatable bonds is 7. The van der Waals surface area contributed by atoms with Gasteiger partial charge in [-0.1, -0.05) is 54.6 Å². The Hall–Kier alpha value is -3.00.